The average molecular weight is 355 g/mol. The lowest BCUT2D eigenvalue weighted by Crippen LogP contribution is -2.43. The molecule has 1 fully saturated rings. The Morgan fingerprint density at radius 2 is 1.96 bits per heavy atom. The number of benzene rings is 1. The maximum Gasteiger partial charge on any atom is 0.416 e. The number of alkyl halides is 3. The Labute approximate surface area is 141 Å². The highest BCUT2D eigenvalue weighted by Gasteiger charge is 2.39. The maximum atomic E-state index is 13.1. The first-order valence-corrected chi connectivity index (χ1v) is 8.92. The van der Waals surface area contributed by atoms with Crippen molar-refractivity contribution in [3.05, 3.63) is 23.8 Å². The molecule has 2 aromatic rings. The van der Waals surface area contributed by atoms with E-state index in [4.69, 9.17) is 0 Å². The zero-order valence-electron chi connectivity index (χ0n) is 12.9. The normalized spacial score (nSPS) is 18.5. The lowest BCUT2D eigenvalue weighted by molar-refractivity contribution is -0.137. The first kappa shape index (κ1) is 15.6. The van der Waals surface area contributed by atoms with E-state index in [1.807, 2.05) is 6.26 Å². The maximum absolute atomic E-state index is 13.1. The van der Waals surface area contributed by atoms with Gasteiger partial charge in [0.2, 0.25) is 11.1 Å². The van der Waals surface area contributed by atoms with Crippen LogP contribution in [0.3, 0.4) is 0 Å². The van der Waals surface area contributed by atoms with Gasteiger partial charge in [0.05, 0.1) is 16.9 Å². The van der Waals surface area contributed by atoms with Crippen LogP contribution in [0.4, 0.5) is 24.8 Å². The molecule has 2 heterocycles. The fraction of sp³-hybridized carbons (Fsp3) is 0.467. The Kier molecular flexibility index (Phi) is 3.45. The summed E-state index contributed by atoms with van der Waals surface area (Å²) in [6.07, 6.45) is 1.16. The summed E-state index contributed by atoms with van der Waals surface area (Å²) in [5.74, 6) is 0.562. The van der Waals surface area contributed by atoms with E-state index in [0.717, 1.165) is 37.8 Å². The van der Waals surface area contributed by atoms with Crippen molar-refractivity contribution in [2.75, 3.05) is 16.9 Å². The number of fused-ring (bicyclic) bond motifs is 3. The number of hydrogen-bond donors (Lipinski definition) is 2. The van der Waals surface area contributed by atoms with Crippen LogP contribution in [0.1, 0.15) is 31.2 Å². The molecule has 0 amide bonds. The second kappa shape index (κ2) is 5.30. The zero-order valence-corrected chi connectivity index (χ0v) is 13.8. The van der Waals surface area contributed by atoms with Crippen molar-refractivity contribution in [2.24, 2.45) is 0 Å². The lowest BCUT2D eigenvalue weighted by atomic mass is 10.1. The van der Waals surface area contributed by atoms with Gasteiger partial charge in [-0.1, -0.05) is 11.8 Å². The standard InChI is InChI=1S/C15H16F3N5S/c1-24-13-19-12-21-14(6-2-3-7-14)20-10-8-9(15(16,17)18)4-5-11(10)23(12)22-13/h4-5,8,20H,2-3,6-7H2,1H3,(H,19,21,22). The molecule has 0 radical (unpaired) electrons. The van der Waals surface area contributed by atoms with E-state index in [-0.39, 0.29) is 0 Å². The van der Waals surface area contributed by atoms with Gasteiger partial charge in [0, 0.05) is 0 Å². The molecule has 1 aliphatic carbocycles. The third kappa shape index (κ3) is 2.51. The number of thioether (sulfide) groups is 1. The summed E-state index contributed by atoms with van der Waals surface area (Å²) in [7, 11) is 0. The van der Waals surface area contributed by atoms with E-state index in [2.05, 4.69) is 20.7 Å². The summed E-state index contributed by atoms with van der Waals surface area (Å²) in [6.45, 7) is 0. The van der Waals surface area contributed by atoms with Gasteiger partial charge in [0.15, 0.2) is 0 Å². The van der Waals surface area contributed by atoms with Crippen molar-refractivity contribution in [3.8, 4) is 5.69 Å². The third-order valence-electron chi connectivity index (χ3n) is 4.50. The Hall–Kier alpha value is -1.90. The number of hydrogen-bond acceptors (Lipinski definition) is 5. The number of aromatic nitrogens is 3. The summed E-state index contributed by atoms with van der Waals surface area (Å²) < 4.78 is 40.9. The molecule has 1 aromatic heterocycles. The molecular weight excluding hydrogens is 339 g/mol. The molecular formula is C15H16F3N5S. The van der Waals surface area contributed by atoms with Crippen LogP contribution in [0.25, 0.3) is 5.69 Å². The van der Waals surface area contributed by atoms with E-state index >= 15 is 0 Å². The van der Waals surface area contributed by atoms with Crippen LogP contribution >= 0.6 is 11.8 Å². The number of halogens is 3. The molecule has 0 bridgehead atoms. The highest BCUT2D eigenvalue weighted by molar-refractivity contribution is 7.98. The zero-order chi connectivity index (χ0) is 16.9. The quantitative estimate of drug-likeness (QED) is 0.754. The van der Waals surface area contributed by atoms with Crippen molar-refractivity contribution in [1.29, 1.82) is 0 Å². The molecule has 2 N–H and O–H groups in total. The fourth-order valence-corrected chi connectivity index (χ4v) is 3.70. The molecule has 9 heteroatoms. The van der Waals surface area contributed by atoms with Crippen LogP contribution in [0, 0.1) is 0 Å². The second-order valence-corrected chi connectivity index (χ2v) is 6.88. The van der Waals surface area contributed by atoms with Crippen LogP contribution < -0.4 is 10.6 Å². The van der Waals surface area contributed by atoms with Crippen molar-refractivity contribution >= 4 is 23.4 Å². The minimum absolute atomic E-state index is 0.426. The van der Waals surface area contributed by atoms with Gasteiger partial charge in [0.1, 0.15) is 5.66 Å². The Balaban J connectivity index is 1.89. The van der Waals surface area contributed by atoms with Crippen LogP contribution in [0.2, 0.25) is 0 Å². The molecule has 5 nitrogen and oxygen atoms in total. The molecule has 1 aromatic carbocycles. The molecule has 1 spiro atoms. The van der Waals surface area contributed by atoms with E-state index < -0.39 is 17.4 Å². The topological polar surface area (TPSA) is 54.8 Å². The van der Waals surface area contributed by atoms with Crippen LogP contribution in [-0.4, -0.2) is 26.7 Å². The van der Waals surface area contributed by atoms with Gasteiger partial charge in [-0.05, 0) is 50.1 Å². The molecule has 0 atom stereocenters. The van der Waals surface area contributed by atoms with Crippen molar-refractivity contribution < 1.29 is 13.2 Å². The van der Waals surface area contributed by atoms with Gasteiger partial charge in [-0.3, -0.25) is 0 Å². The van der Waals surface area contributed by atoms with Gasteiger partial charge in [-0.2, -0.15) is 22.8 Å². The fourth-order valence-electron chi connectivity index (χ4n) is 3.36. The smallest absolute Gasteiger partial charge is 0.361 e. The molecule has 2 aliphatic rings. The molecule has 4 rings (SSSR count). The van der Waals surface area contributed by atoms with Gasteiger partial charge in [-0.15, -0.1) is 5.10 Å². The molecule has 1 saturated carbocycles. The Morgan fingerprint density at radius 3 is 2.62 bits per heavy atom. The first-order chi connectivity index (χ1) is 11.4. The molecule has 24 heavy (non-hydrogen) atoms. The summed E-state index contributed by atoms with van der Waals surface area (Å²) in [6, 6.07) is 3.69. The highest BCUT2D eigenvalue weighted by Crippen LogP contribution is 2.41. The highest BCUT2D eigenvalue weighted by atomic mass is 32.2. The van der Waals surface area contributed by atoms with Gasteiger partial charge in [-0.25, -0.2) is 0 Å². The van der Waals surface area contributed by atoms with E-state index in [1.54, 1.807) is 4.68 Å². The minimum Gasteiger partial charge on any atom is -0.361 e. The van der Waals surface area contributed by atoms with E-state index in [0.29, 0.717) is 22.5 Å². The summed E-state index contributed by atoms with van der Waals surface area (Å²) in [5.41, 5.74) is -0.149. The van der Waals surface area contributed by atoms with Crippen LogP contribution in [-0.2, 0) is 6.18 Å². The monoisotopic (exact) mass is 355 g/mol. The van der Waals surface area contributed by atoms with Gasteiger partial charge in [0.25, 0.3) is 0 Å². The predicted molar refractivity (Wildman–Crippen MR) is 86.6 cm³/mol. The van der Waals surface area contributed by atoms with E-state index in [9.17, 15) is 13.2 Å². The predicted octanol–water partition coefficient (Wildman–Crippen LogP) is 4.12. The Morgan fingerprint density at radius 1 is 1.21 bits per heavy atom. The average Bonchev–Trinajstić information content (AvgIpc) is 3.11. The number of rotatable bonds is 1. The van der Waals surface area contributed by atoms with E-state index in [1.165, 1.54) is 17.8 Å². The molecule has 0 saturated heterocycles. The third-order valence-corrected chi connectivity index (χ3v) is 5.04. The molecule has 128 valence electrons. The van der Waals surface area contributed by atoms with Crippen molar-refractivity contribution in [3.63, 3.8) is 0 Å². The minimum atomic E-state index is -4.38. The summed E-state index contributed by atoms with van der Waals surface area (Å²) in [4.78, 5) is 4.46. The summed E-state index contributed by atoms with van der Waals surface area (Å²) >= 11 is 1.40. The largest absolute Gasteiger partial charge is 0.416 e. The SMILES string of the molecule is CSc1nc2n(n1)-c1ccc(C(F)(F)F)cc1NC1(CCCC1)N2. The molecule has 0 unspecified atom stereocenters. The van der Waals surface area contributed by atoms with Gasteiger partial charge < -0.3 is 10.6 Å². The van der Waals surface area contributed by atoms with Crippen LogP contribution in [0.5, 0.6) is 0 Å². The summed E-state index contributed by atoms with van der Waals surface area (Å²) in [5, 5.41) is 11.7. The number of nitrogens with one attached hydrogen (secondary N) is 2. The number of anilines is 2. The van der Waals surface area contributed by atoms with Crippen molar-refractivity contribution in [1.82, 2.24) is 14.8 Å². The Bertz CT molecular complexity index is 780. The lowest BCUT2D eigenvalue weighted by Gasteiger charge is -2.31. The number of nitrogens with zero attached hydrogens (tertiary/aromatic N) is 3. The second-order valence-electron chi connectivity index (χ2n) is 6.10. The van der Waals surface area contributed by atoms with Crippen molar-refractivity contribution in [2.45, 2.75) is 42.7 Å². The van der Waals surface area contributed by atoms with Crippen LogP contribution in [0.15, 0.2) is 23.4 Å². The first-order valence-electron chi connectivity index (χ1n) is 7.69. The van der Waals surface area contributed by atoms with Gasteiger partial charge >= 0.3 is 6.18 Å². The molecule has 1 aliphatic heterocycles.